The molecule has 190 valence electrons. The largest absolute Gasteiger partial charge is 0.493 e. The Morgan fingerprint density at radius 2 is 1.32 bits per heavy atom. The lowest BCUT2D eigenvalue weighted by atomic mass is 10.0. The predicted molar refractivity (Wildman–Crippen MR) is 144 cm³/mol. The second-order valence-electron chi connectivity index (χ2n) is 8.61. The van der Waals surface area contributed by atoms with Gasteiger partial charge >= 0.3 is 6.03 Å². The molecule has 4 rings (SSSR count). The Morgan fingerprint density at radius 1 is 0.730 bits per heavy atom. The van der Waals surface area contributed by atoms with Crippen molar-refractivity contribution >= 4 is 35.3 Å². The lowest BCUT2D eigenvalue weighted by molar-refractivity contribution is -0.121. The average molecular weight is 499 g/mol. The van der Waals surface area contributed by atoms with Gasteiger partial charge in [0.1, 0.15) is 5.57 Å². The summed E-state index contributed by atoms with van der Waals surface area (Å²) in [5.41, 5.74) is 1.19. The number of benzene rings is 3. The number of amides is 4. The zero-order valence-electron chi connectivity index (χ0n) is 21.1. The summed E-state index contributed by atoms with van der Waals surface area (Å²) < 4.78 is 11.4. The van der Waals surface area contributed by atoms with E-state index in [1.165, 1.54) is 6.08 Å². The number of methoxy groups -OCH3 is 1. The van der Waals surface area contributed by atoms with Crippen LogP contribution in [-0.4, -0.2) is 31.6 Å². The summed E-state index contributed by atoms with van der Waals surface area (Å²) in [4.78, 5) is 42.5. The fraction of sp³-hybridized carbons (Fsp3) is 0.233. The number of carbonyl (C=O) groups excluding carboxylic acids is 3. The van der Waals surface area contributed by atoms with E-state index in [0.29, 0.717) is 35.0 Å². The topological polar surface area (TPSA) is 76.2 Å². The monoisotopic (exact) mass is 498 g/mol. The van der Waals surface area contributed by atoms with E-state index < -0.39 is 17.8 Å². The number of barbiturate groups is 1. The zero-order chi connectivity index (χ0) is 26.2. The number of anilines is 2. The third-order valence-corrected chi connectivity index (χ3v) is 6.03. The van der Waals surface area contributed by atoms with Crippen LogP contribution in [0.25, 0.3) is 6.08 Å². The van der Waals surface area contributed by atoms with Crippen LogP contribution in [0.2, 0.25) is 0 Å². The Bertz CT molecular complexity index is 1220. The molecule has 0 spiro atoms. The highest BCUT2D eigenvalue weighted by atomic mass is 16.5. The van der Waals surface area contributed by atoms with Crippen LogP contribution in [-0.2, 0) is 9.59 Å². The Kier molecular flexibility index (Phi) is 8.36. The lowest BCUT2D eigenvalue weighted by Gasteiger charge is -2.33. The molecule has 1 fully saturated rings. The quantitative estimate of drug-likeness (QED) is 0.188. The molecule has 1 aliphatic rings. The minimum atomic E-state index is -0.728. The maximum atomic E-state index is 13.5. The lowest BCUT2D eigenvalue weighted by Crippen LogP contribution is -2.57. The Labute approximate surface area is 216 Å². The van der Waals surface area contributed by atoms with Crippen LogP contribution in [0.3, 0.4) is 0 Å². The summed E-state index contributed by atoms with van der Waals surface area (Å²) in [5, 5.41) is 0. The highest BCUT2D eigenvalue weighted by molar-refractivity contribution is 6.46. The van der Waals surface area contributed by atoms with E-state index in [0.717, 1.165) is 35.5 Å². The van der Waals surface area contributed by atoms with Crippen molar-refractivity contribution in [3.8, 4) is 11.5 Å². The first-order valence-electron chi connectivity index (χ1n) is 12.4. The summed E-state index contributed by atoms with van der Waals surface area (Å²) in [6, 6.07) is 21.6. The van der Waals surface area contributed by atoms with Crippen LogP contribution in [0, 0.1) is 0 Å². The molecular weight excluding hydrogens is 468 g/mol. The van der Waals surface area contributed by atoms with Crippen LogP contribution < -0.4 is 19.3 Å². The summed E-state index contributed by atoms with van der Waals surface area (Å²) in [5.74, 6) is -0.293. The molecule has 0 atom stereocenters. The Balaban J connectivity index is 1.69. The van der Waals surface area contributed by atoms with Crippen molar-refractivity contribution in [3.05, 3.63) is 90.0 Å². The first kappa shape index (κ1) is 25.7. The SMILES string of the molecule is CCCCCCOc1ccc(C=C2C(=O)N(c3ccccc3)C(=O)N(c3ccccc3)C2=O)cc1OC. The minimum absolute atomic E-state index is 0.136. The number of carbonyl (C=O) groups is 3. The van der Waals surface area contributed by atoms with Crippen molar-refractivity contribution in [1.29, 1.82) is 0 Å². The van der Waals surface area contributed by atoms with E-state index in [1.807, 2.05) is 0 Å². The smallest absolute Gasteiger partial charge is 0.343 e. The van der Waals surface area contributed by atoms with Crippen molar-refractivity contribution < 1.29 is 23.9 Å². The highest BCUT2D eigenvalue weighted by Crippen LogP contribution is 2.32. The molecule has 1 aliphatic heterocycles. The van der Waals surface area contributed by atoms with Crippen molar-refractivity contribution in [2.45, 2.75) is 32.6 Å². The van der Waals surface area contributed by atoms with E-state index in [2.05, 4.69) is 6.92 Å². The van der Waals surface area contributed by atoms with Crippen LogP contribution >= 0.6 is 0 Å². The fourth-order valence-corrected chi connectivity index (χ4v) is 4.11. The second kappa shape index (κ2) is 12.0. The van der Waals surface area contributed by atoms with Gasteiger partial charge in [0, 0.05) is 0 Å². The van der Waals surface area contributed by atoms with Gasteiger partial charge in [-0.2, -0.15) is 0 Å². The number of hydrogen-bond acceptors (Lipinski definition) is 5. The summed E-state index contributed by atoms with van der Waals surface area (Å²) in [7, 11) is 1.54. The average Bonchev–Trinajstić information content (AvgIpc) is 2.92. The van der Waals surface area contributed by atoms with Gasteiger partial charge in [-0.3, -0.25) is 9.59 Å². The maximum Gasteiger partial charge on any atom is 0.343 e. The first-order chi connectivity index (χ1) is 18.0. The standard InChI is InChI=1S/C30H30N2O5/c1-3-4-5-12-19-37-26-18-17-22(21-27(26)36-2)20-25-28(33)31(23-13-8-6-9-14-23)30(35)32(29(25)34)24-15-10-7-11-16-24/h6-11,13-18,20-21H,3-5,12,19H2,1-2H3. The van der Waals surface area contributed by atoms with Gasteiger partial charge in [0.2, 0.25) is 0 Å². The fourth-order valence-electron chi connectivity index (χ4n) is 4.11. The molecule has 3 aromatic carbocycles. The molecule has 1 saturated heterocycles. The van der Waals surface area contributed by atoms with Crippen molar-refractivity contribution in [1.82, 2.24) is 0 Å². The molecular formula is C30H30N2O5. The number of imide groups is 2. The molecule has 37 heavy (non-hydrogen) atoms. The molecule has 0 radical (unpaired) electrons. The van der Waals surface area contributed by atoms with Crippen LogP contribution in [0.5, 0.6) is 11.5 Å². The summed E-state index contributed by atoms with van der Waals surface area (Å²) in [6.45, 7) is 2.74. The number of nitrogens with zero attached hydrogens (tertiary/aromatic N) is 2. The van der Waals surface area contributed by atoms with E-state index in [4.69, 9.17) is 9.47 Å². The van der Waals surface area contributed by atoms with Gasteiger partial charge in [0.05, 0.1) is 25.1 Å². The van der Waals surface area contributed by atoms with Crippen molar-refractivity contribution in [2.75, 3.05) is 23.5 Å². The van der Waals surface area contributed by atoms with Crippen LogP contribution in [0.1, 0.15) is 38.2 Å². The van der Waals surface area contributed by atoms with Crippen LogP contribution in [0.4, 0.5) is 16.2 Å². The van der Waals surface area contributed by atoms with Crippen LogP contribution in [0.15, 0.2) is 84.4 Å². The summed E-state index contributed by atoms with van der Waals surface area (Å²) >= 11 is 0. The van der Waals surface area contributed by atoms with E-state index in [1.54, 1.807) is 86.0 Å². The number of rotatable bonds is 10. The van der Waals surface area contributed by atoms with E-state index in [-0.39, 0.29) is 5.57 Å². The number of hydrogen-bond donors (Lipinski definition) is 0. The Morgan fingerprint density at radius 3 is 1.86 bits per heavy atom. The van der Waals surface area contributed by atoms with E-state index in [9.17, 15) is 14.4 Å². The molecule has 0 saturated carbocycles. The number of urea groups is 1. The number of unbranched alkanes of at least 4 members (excludes halogenated alkanes) is 3. The second-order valence-corrected chi connectivity index (χ2v) is 8.61. The molecule has 7 heteroatoms. The third-order valence-electron chi connectivity index (χ3n) is 6.03. The molecule has 1 heterocycles. The molecule has 0 aliphatic carbocycles. The molecule has 0 N–H and O–H groups in total. The van der Waals surface area contributed by atoms with Crippen molar-refractivity contribution in [2.24, 2.45) is 0 Å². The molecule has 3 aromatic rings. The van der Waals surface area contributed by atoms with Gasteiger partial charge in [-0.25, -0.2) is 14.6 Å². The maximum absolute atomic E-state index is 13.5. The van der Waals surface area contributed by atoms with Crippen molar-refractivity contribution in [3.63, 3.8) is 0 Å². The minimum Gasteiger partial charge on any atom is -0.493 e. The molecule has 4 amide bonds. The number of para-hydroxylation sites is 2. The van der Waals surface area contributed by atoms with E-state index >= 15 is 0 Å². The highest BCUT2D eigenvalue weighted by Gasteiger charge is 2.43. The van der Waals surface area contributed by atoms with Gasteiger partial charge in [-0.15, -0.1) is 0 Å². The summed E-state index contributed by atoms with van der Waals surface area (Å²) in [6.07, 6.45) is 5.85. The Hall–Kier alpha value is -4.39. The zero-order valence-corrected chi connectivity index (χ0v) is 21.1. The molecule has 0 aromatic heterocycles. The number of ether oxygens (including phenoxy) is 2. The van der Waals surface area contributed by atoms with Gasteiger partial charge < -0.3 is 9.47 Å². The molecule has 7 nitrogen and oxygen atoms in total. The first-order valence-corrected chi connectivity index (χ1v) is 12.4. The molecule has 0 bridgehead atoms. The normalized spacial score (nSPS) is 13.7. The van der Waals surface area contributed by atoms with Gasteiger partial charge in [0.15, 0.2) is 11.5 Å². The third kappa shape index (κ3) is 5.72. The van der Waals surface area contributed by atoms with Gasteiger partial charge in [-0.1, -0.05) is 68.7 Å². The van der Waals surface area contributed by atoms with Gasteiger partial charge in [-0.05, 0) is 54.5 Å². The molecule has 0 unspecified atom stereocenters. The van der Waals surface area contributed by atoms with Gasteiger partial charge in [0.25, 0.3) is 11.8 Å². The predicted octanol–water partition coefficient (Wildman–Crippen LogP) is 6.24.